The Morgan fingerprint density at radius 3 is 2.23 bits per heavy atom. The molecule has 0 aliphatic carbocycles. The number of rotatable bonds is 11. The van der Waals surface area contributed by atoms with Gasteiger partial charge in [-0.05, 0) is 57.0 Å². The van der Waals surface area contributed by atoms with E-state index in [1.165, 1.54) is 54.3 Å². The molecule has 0 heterocycles. The molecule has 0 saturated carbocycles. The highest BCUT2D eigenvalue weighted by molar-refractivity contribution is 7.92. The van der Waals surface area contributed by atoms with Crippen molar-refractivity contribution in [3.05, 3.63) is 65.5 Å². The van der Waals surface area contributed by atoms with Crippen LogP contribution in [0.4, 0.5) is 10.1 Å². The molecule has 35 heavy (non-hydrogen) atoms. The monoisotopic (exact) mass is 505 g/mol. The standard InChI is InChI=1S/C25H32FN3O5S/c1-6-17(2)27-25(32)18(3)28(15-20-10-12-22(26)13-11-20)24(31)16-29(35(5,33)34)23-9-7-8-21(14-23)19(4)30/h7-14,17-18H,6,15-16H2,1-5H3,(H,27,32)/t17-,18+/m0/s1. The third-order valence-corrected chi connectivity index (χ3v) is 6.79. The van der Waals surface area contributed by atoms with Crippen molar-refractivity contribution < 1.29 is 27.2 Å². The van der Waals surface area contributed by atoms with Gasteiger partial charge in [0.05, 0.1) is 11.9 Å². The number of nitrogens with one attached hydrogen (secondary N) is 1. The van der Waals surface area contributed by atoms with E-state index in [1.54, 1.807) is 13.0 Å². The molecule has 0 fully saturated rings. The van der Waals surface area contributed by atoms with E-state index >= 15 is 0 Å². The summed E-state index contributed by atoms with van der Waals surface area (Å²) in [4.78, 5) is 39.4. The Morgan fingerprint density at radius 2 is 1.69 bits per heavy atom. The lowest BCUT2D eigenvalue weighted by Gasteiger charge is -2.32. The highest BCUT2D eigenvalue weighted by atomic mass is 32.2. The highest BCUT2D eigenvalue weighted by Gasteiger charge is 2.30. The molecule has 0 saturated heterocycles. The molecule has 0 spiro atoms. The van der Waals surface area contributed by atoms with E-state index in [0.29, 0.717) is 17.5 Å². The fourth-order valence-electron chi connectivity index (χ4n) is 3.33. The minimum atomic E-state index is -3.91. The predicted molar refractivity (Wildman–Crippen MR) is 133 cm³/mol. The summed E-state index contributed by atoms with van der Waals surface area (Å²) >= 11 is 0. The molecular formula is C25H32FN3O5S. The Bertz CT molecular complexity index is 1170. The highest BCUT2D eigenvalue weighted by Crippen LogP contribution is 2.21. The summed E-state index contributed by atoms with van der Waals surface area (Å²) in [6.07, 6.45) is 1.66. The van der Waals surface area contributed by atoms with Gasteiger partial charge >= 0.3 is 0 Å². The van der Waals surface area contributed by atoms with Crippen molar-refractivity contribution >= 4 is 33.3 Å². The SMILES string of the molecule is CC[C@H](C)NC(=O)[C@@H](C)N(Cc1ccc(F)cc1)C(=O)CN(c1cccc(C(C)=O)c1)S(C)(=O)=O. The van der Waals surface area contributed by atoms with Gasteiger partial charge in [0.1, 0.15) is 18.4 Å². The van der Waals surface area contributed by atoms with Crippen LogP contribution in [0.1, 0.15) is 50.0 Å². The Morgan fingerprint density at radius 1 is 1.06 bits per heavy atom. The predicted octanol–water partition coefficient (Wildman–Crippen LogP) is 3.13. The average molecular weight is 506 g/mol. The van der Waals surface area contributed by atoms with Crippen molar-refractivity contribution in [2.24, 2.45) is 0 Å². The number of hydrogen-bond donors (Lipinski definition) is 1. The molecule has 2 aromatic carbocycles. The number of Topliss-reactive ketones (excluding diaryl/α,β-unsaturated/α-hetero) is 1. The Hall–Kier alpha value is -3.27. The van der Waals surface area contributed by atoms with Gasteiger partial charge in [0, 0.05) is 18.2 Å². The van der Waals surface area contributed by atoms with E-state index in [-0.39, 0.29) is 30.0 Å². The van der Waals surface area contributed by atoms with Crippen LogP contribution in [0.15, 0.2) is 48.5 Å². The van der Waals surface area contributed by atoms with Gasteiger partial charge in [-0.1, -0.05) is 31.2 Å². The molecule has 0 aromatic heterocycles. The van der Waals surface area contributed by atoms with Crippen LogP contribution in [0.5, 0.6) is 0 Å². The Labute approximate surface area is 206 Å². The molecule has 0 aliphatic rings. The third kappa shape index (κ3) is 7.88. The van der Waals surface area contributed by atoms with Crippen LogP contribution in [-0.4, -0.2) is 55.8 Å². The van der Waals surface area contributed by atoms with Crippen molar-refractivity contribution in [1.82, 2.24) is 10.2 Å². The molecule has 0 radical (unpaired) electrons. The zero-order valence-corrected chi connectivity index (χ0v) is 21.4. The summed E-state index contributed by atoms with van der Waals surface area (Å²) in [5.41, 5.74) is 1.03. The number of carbonyl (C=O) groups excluding carboxylic acids is 3. The molecule has 10 heteroatoms. The average Bonchev–Trinajstić information content (AvgIpc) is 2.80. The maximum atomic E-state index is 13.5. The molecule has 190 valence electrons. The molecule has 8 nitrogen and oxygen atoms in total. The fourth-order valence-corrected chi connectivity index (χ4v) is 4.17. The molecule has 1 N–H and O–H groups in total. The maximum Gasteiger partial charge on any atom is 0.244 e. The smallest absolute Gasteiger partial charge is 0.244 e. The fraction of sp³-hybridized carbons (Fsp3) is 0.400. The lowest BCUT2D eigenvalue weighted by molar-refractivity contribution is -0.139. The van der Waals surface area contributed by atoms with E-state index in [2.05, 4.69) is 5.32 Å². The quantitative estimate of drug-likeness (QED) is 0.473. The number of anilines is 1. The molecule has 2 atom stereocenters. The van der Waals surface area contributed by atoms with Gasteiger partial charge in [-0.2, -0.15) is 0 Å². The minimum Gasteiger partial charge on any atom is -0.352 e. The van der Waals surface area contributed by atoms with Gasteiger partial charge < -0.3 is 10.2 Å². The van der Waals surface area contributed by atoms with Crippen molar-refractivity contribution in [2.75, 3.05) is 17.1 Å². The molecule has 2 aromatic rings. The summed E-state index contributed by atoms with van der Waals surface area (Å²) in [6.45, 7) is 6.05. The first-order valence-corrected chi connectivity index (χ1v) is 13.1. The molecule has 0 aliphatic heterocycles. The number of sulfonamides is 1. The van der Waals surface area contributed by atoms with Crippen LogP contribution in [0, 0.1) is 5.82 Å². The number of amides is 2. The van der Waals surface area contributed by atoms with E-state index in [1.807, 2.05) is 13.8 Å². The second-order valence-electron chi connectivity index (χ2n) is 8.52. The Kier molecular flexibility index (Phi) is 9.53. The van der Waals surface area contributed by atoms with E-state index < -0.39 is 34.3 Å². The number of nitrogens with zero attached hydrogens (tertiary/aromatic N) is 2. The number of hydrogen-bond acceptors (Lipinski definition) is 5. The first-order chi connectivity index (χ1) is 16.3. The Balaban J connectivity index is 2.41. The zero-order chi connectivity index (χ0) is 26.3. The van der Waals surface area contributed by atoms with E-state index in [0.717, 1.165) is 10.6 Å². The molecular weight excluding hydrogens is 473 g/mol. The van der Waals surface area contributed by atoms with Crippen LogP contribution in [-0.2, 0) is 26.2 Å². The summed E-state index contributed by atoms with van der Waals surface area (Å²) in [6, 6.07) is 10.4. The second-order valence-corrected chi connectivity index (χ2v) is 10.4. The van der Waals surface area contributed by atoms with E-state index in [9.17, 15) is 27.2 Å². The summed E-state index contributed by atoms with van der Waals surface area (Å²) in [5, 5.41) is 2.83. The largest absolute Gasteiger partial charge is 0.352 e. The lowest BCUT2D eigenvalue weighted by atomic mass is 10.1. The first kappa shape index (κ1) is 28.0. The summed E-state index contributed by atoms with van der Waals surface area (Å²) in [7, 11) is -3.91. The molecule has 0 bridgehead atoms. The van der Waals surface area contributed by atoms with Gasteiger partial charge in [-0.3, -0.25) is 18.7 Å². The normalized spacial score (nSPS) is 13.0. The third-order valence-electron chi connectivity index (χ3n) is 5.65. The second kappa shape index (κ2) is 11.9. The zero-order valence-electron chi connectivity index (χ0n) is 20.6. The topological polar surface area (TPSA) is 104 Å². The summed E-state index contributed by atoms with van der Waals surface area (Å²) in [5.74, 6) is -1.71. The van der Waals surface area contributed by atoms with Gasteiger partial charge in [0.15, 0.2) is 5.78 Å². The maximum absolute atomic E-state index is 13.5. The van der Waals surface area contributed by atoms with Crippen LogP contribution < -0.4 is 9.62 Å². The van der Waals surface area contributed by atoms with Crippen LogP contribution in [0.25, 0.3) is 0 Å². The number of ketones is 1. The molecule has 0 unspecified atom stereocenters. The van der Waals surface area contributed by atoms with E-state index in [4.69, 9.17) is 0 Å². The number of benzene rings is 2. The van der Waals surface area contributed by atoms with Crippen LogP contribution in [0.3, 0.4) is 0 Å². The van der Waals surface area contributed by atoms with Gasteiger partial charge in [-0.15, -0.1) is 0 Å². The molecule has 2 amide bonds. The van der Waals surface area contributed by atoms with Crippen LogP contribution in [0.2, 0.25) is 0 Å². The minimum absolute atomic E-state index is 0.0285. The number of halogens is 1. The van der Waals surface area contributed by atoms with Gasteiger partial charge in [-0.25, -0.2) is 12.8 Å². The van der Waals surface area contributed by atoms with Crippen molar-refractivity contribution in [2.45, 2.75) is 52.7 Å². The number of carbonyl (C=O) groups is 3. The van der Waals surface area contributed by atoms with Crippen molar-refractivity contribution in [3.63, 3.8) is 0 Å². The van der Waals surface area contributed by atoms with Crippen molar-refractivity contribution in [3.8, 4) is 0 Å². The molecule has 2 rings (SSSR count). The van der Waals surface area contributed by atoms with Crippen molar-refractivity contribution in [1.29, 1.82) is 0 Å². The van der Waals surface area contributed by atoms with Crippen LogP contribution >= 0.6 is 0 Å². The summed E-state index contributed by atoms with van der Waals surface area (Å²) < 4.78 is 39.5. The first-order valence-electron chi connectivity index (χ1n) is 11.3. The van der Waals surface area contributed by atoms with Gasteiger partial charge in [0.25, 0.3) is 0 Å². The lowest BCUT2D eigenvalue weighted by Crippen LogP contribution is -2.52. The van der Waals surface area contributed by atoms with Gasteiger partial charge in [0.2, 0.25) is 21.8 Å².